The van der Waals surface area contributed by atoms with Gasteiger partial charge in [-0.1, -0.05) is 20.3 Å². The molecular formula is C19H27NO5. The molecule has 1 aromatic carbocycles. The fourth-order valence-electron chi connectivity index (χ4n) is 2.30. The Balaban J connectivity index is 2.43. The first-order chi connectivity index (χ1) is 11.9. The maximum atomic E-state index is 12.1. The van der Waals surface area contributed by atoms with E-state index in [2.05, 4.69) is 5.32 Å². The molecule has 1 N–H and O–H groups in total. The number of carbonyl (C=O) groups excluding carboxylic acids is 3. The highest BCUT2D eigenvalue weighted by Crippen LogP contribution is 2.14. The number of amides is 1. The zero-order chi connectivity index (χ0) is 18.8. The van der Waals surface area contributed by atoms with Crippen molar-refractivity contribution < 1.29 is 23.9 Å². The van der Waals surface area contributed by atoms with Gasteiger partial charge in [-0.2, -0.15) is 0 Å². The van der Waals surface area contributed by atoms with Crippen LogP contribution >= 0.6 is 0 Å². The molecule has 0 bridgehead atoms. The lowest BCUT2D eigenvalue weighted by Gasteiger charge is -2.21. The molecule has 6 heteroatoms. The molecule has 0 radical (unpaired) electrons. The van der Waals surface area contributed by atoms with Gasteiger partial charge >= 0.3 is 5.97 Å². The standard InChI is InChI=1S/C19H27NO5/c1-5-13(2)18(20-14(3)21)19(23)25-12-6-7-17(22)15-8-10-16(24-4)11-9-15/h8-11,13,18H,5-7,12H2,1-4H3,(H,20,21)/t13-,18-/m0/s1. The van der Waals surface area contributed by atoms with Crippen molar-refractivity contribution in [3.8, 4) is 5.75 Å². The van der Waals surface area contributed by atoms with Gasteiger partial charge in [-0.05, 0) is 36.6 Å². The van der Waals surface area contributed by atoms with Gasteiger partial charge in [-0.3, -0.25) is 9.59 Å². The fraction of sp³-hybridized carbons (Fsp3) is 0.526. The van der Waals surface area contributed by atoms with E-state index in [4.69, 9.17) is 9.47 Å². The van der Waals surface area contributed by atoms with Crippen LogP contribution in [0.4, 0.5) is 0 Å². The molecule has 6 nitrogen and oxygen atoms in total. The Morgan fingerprint density at radius 2 is 1.80 bits per heavy atom. The number of rotatable bonds is 10. The number of methoxy groups -OCH3 is 1. The number of ketones is 1. The Bertz CT molecular complexity index is 582. The number of ether oxygens (including phenoxy) is 2. The minimum atomic E-state index is -0.653. The molecule has 1 amide bonds. The van der Waals surface area contributed by atoms with Crippen LogP contribution in [0.3, 0.4) is 0 Å². The van der Waals surface area contributed by atoms with Crippen molar-refractivity contribution in [2.75, 3.05) is 13.7 Å². The summed E-state index contributed by atoms with van der Waals surface area (Å²) in [7, 11) is 1.57. The van der Waals surface area contributed by atoms with E-state index in [1.165, 1.54) is 6.92 Å². The van der Waals surface area contributed by atoms with Crippen molar-refractivity contribution in [3.05, 3.63) is 29.8 Å². The molecule has 0 heterocycles. The second kappa shape index (κ2) is 10.5. The molecule has 2 atom stereocenters. The van der Waals surface area contributed by atoms with Crippen LogP contribution in [-0.4, -0.2) is 37.4 Å². The van der Waals surface area contributed by atoms with Crippen LogP contribution in [0.5, 0.6) is 5.75 Å². The number of hydrogen-bond donors (Lipinski definition) is 1. The van der Waals surface area contributed by atoms with Gasteiger partial charge in [0.05, 0.1) is 13.7 Å². The smallest absolute Gasteiger partial charge is 0.328 e. The Hall–Kier alpha value is -2.37. The zero-order valence-corrected chi connectivity index (χ0v) is 15.3. The lowest BCUT2D eigenvalue weighted by molar-refractivity contribution is -0.149. The van der Waals surface area contributed by atoms with Crippen LogP contribution in [-0.2, 0) is 14.3 Å². The number of carbonyl (C=O) groups is 3. The normalized spacial score (nSPS) is 12.8. The van der Waals surface area contributed by atoms with Gasteiger partial charge in [0.1, 0.15) is 11.8 Å². The minimum absolute atomic E-state index is 0.0148. The topological polar surface area (TPSA) is 81.7 Å². The summed E-state index contributed by atoms with van der Waals surface area (Å²) in [6, 6.07) is 6.24. The average molecular weight is 349 g/mol. The Labute approximate surface area is 148 Å². The van der Waals surface area contributed by atoms with Gasteiger partial charge in [0.2, 0.25) is 5.91 Å². The third kappa shape index (κ3) is 6.95. The lowest BCUT2D eigenvalue weighted by Crippen LogP contribution is -2.45. The molecule has 0 aliphatic carbocycles. The van der Waals surface area contributed by atoms with Crippen molar-refractivity contribution in [2.45, 2.75) is 46.1 Å². The SMILES string of the molecule is CC[C@H](C)[C@H](NC(C)=O)C(=O)OCCCC(=O)c1ccc(OC)cc1. The van der Waals surface area contributed by atoms with E-state index in [0.29, 0.717) is 17.7 Å². The maximum Gasteiger partial charge on any atom is 0.328 e. The summed E-state index contributed by atoms with van der Waals surface area (Å²) < 4.78 is 10.3. The fourth-order valence-corrected chi connectivity index (χ4v) is 2.30. The molecule has 0 aromatic heterocycles. The molecule has 0 aliphatic heterocycles. The maximum absolute atomic E-state index is 12.1. The predicted octanol–water partition coefficient (Wildman–Crippen LogP) is 2.75. The lowest BCUT2D eigenvalue weighted by atomic mass is 9.99. The molecule has 1 rings (SSSR count). The van der Waals surface area contributed by atoms with E-state index in [0.717, 1.165) is 6.42 Å². The van der Waals surface area contributed by atoms with Crippen LogP contribution in [0.25, 0.3) is 0 Å². The number of benzene rings is 1. The summed E-state index contributed by atoms with van der Waals surface area (Å²) in [5.74, 6) is -0.0608. The summed E-state index contributed by atoms with van der Waals surface area (Å²) in [6.45, 7) is 5.35. The highest BCUT2D eigenvalue weighted by atomic mass is 16.5. The van der Waals surface area contributed by atoms with Crippen LogP contribution < -0.4 is 10.1 Å². The van der Waals surface area contributed by atoms with E-state index >= 15 is 0 Å². The van der Waals surface area contributed by atoms with E-state index in [9.17, 15) is 14.4 Å². The van der Waals surface area contributed by atoms with Gasteiger partial charge in [0.15, 0.2) is 5.78 Å². The Morgan fingerprint density at radius 3 is 2.32 bits per heavy atom. The first-order valence-electron chi connectivity index (χ1n) is 8.50. The average Bonchev–Trinajstić information content (AvgIpc) is 2.62. The summed E-state index contributed by atoms with van der Waals surface area (Å²) in [5, 5.41) is 2.62. The third-order valence-electron chi connectivity index (χ3n) is 4.03. The van der Waals surface area contributed by atoms with Crippen molar-refractivity contribution in [1.29, 1.82) is 0 Å². The van der Waals surface area contributed by atoms with Crippen LogP contribution in [0, 0.1) is 5.92 Å². The second-order valence-electron chi connectivity index (χ2n) is 5.99. The quantitative estimate of drug-likeness (QED) is 0.399. The number of hydrogen-bond acceptors (Lipinski definition) is 5. The molecular weight excluding hydrogens is 322 g/mol. The largest absolute Gasteiger partial charge is 0.497 e. The zero-order valence-electron chi connectivity index (χ0n) is 15.3. The predicted molar refractivity (Wildman–Crippen MR) is 94.6 cm³/mol. The van der Waals surface area contributed by atoms with Gasteiger partial charge < -0.3 is 14.8 Å². The molecule has 0 spiro atoms. The number of Topliss-reactive ketones (excluding diaryl/α,β-unsaturated/α-hetero) is 1. The first-order valence-corrected chi connectivity index (χ1v) is 8.50. The van der Waals surface area contributed by atoms with Crippen molar-refractivity contribution in [1.82, 2.24) is 5.32 Å². The van der Waals surface area contributed by atoms with Crippen LogP contribution in [0.15, 0.2) is 24.3 Å². The Morgan fingerprint density at radius 1 is 1.16 bits per heavy atom. The van der Waals surface area contributed by atoms with E-state index < -0.39 is 12.0 Å². The highest BCUT2D eigenvalue weighted by Gasteiger charge is 2.26. The molecule has 138 valence electrons. The minimum Gasteiger partial charge on any atom is -0.497 e. The van der Waals surface area contributed by atoms with Crippen LogP contribution in [0.2, 0.25) is 0 Å². The van der Waals surface area contributed by atoms with Gasteiger partial charge in [-0.25, -0.2) is 4.79 Å². The van der Waals surface area contributed by atoms with Crippen molar-refractivity contribution in [2.24, 2.45) is 5.92 Å². The van der Waals surface area contributed by atoms with Crippen LogP contribution in [0.1, 0.15) is 50.4 Å². The molecule has 0 unspecified atom stereocenters. The monoisotopic (exact) mass is 349 g/mol. The molecule has 0 fully saturated rings. The molecule has 0 saturated carbocycles. The second-order valence-corrected chi connectivity index (χ2v) is 5.99. The molecule has 0 saturated heterocycles. The summed E-state index contributed by atoms with van der Waals surface area (Å²) >= 11 is 0. The molecule has 0 aliphatic rings. The van der Waals surface area contributed by atoms with Gasteiger partial charge in [-0.15, -0.1) is 0 Å². The summed E-state index contributed by atoms with van der Waals surface area (Å²) in [5.41, 5.74) is 0.600. The highest BCUT2D eigenvalue weighted by molar-refractivity contribution is 5.96. The summed E-state index contributed by atoms with van der Waals surface area (Å²) in [4.78, 5) is 35.4. The third-order valence-corrected chi connectivity index (χ3v) is 4.03. The number of nitrogens with one attached hydrogen (secondary N) is 1. The number of esters is 1. The van der Waals surface area contributed by atoms with E-state index in [-0.39, 0.29) is 30.6 Å². The van der Waals surface area contributed by atoms with Gasteiger partial charge in [0.25, 0.3) is 0 Å². The molecule has 1 aromatic rings. The summed E-state index contributed by atoms with van der Waals surface area (Å²) in [6.07, 6.45) is 1.47. The van der Waals surface area contributed by atoms with E-state index in [1.807, 2.05) is 13.8 Å². The van der Waals surface area contributed by atoms with Crippen molar-refractivity contribution in [3.63, 3.8) is 0 Å². The van der Waals surface area contributed by atoms with E-state index in [1.54, 1.807) is 31.4 Å². The van der Waals surface area contributed by atoms with Crippen molar-refractivity contribution >= 4 is 17.7 Å². The molecule has 25 heavy (non-hydrogen) atoms. The van der Waals surface area contributed by atoms with Gasteiger partial charge in [0, 0.05) is 18.9 Å². The first kappa shape index (κ1) is 20.7. The Kier molecular flexibility index (Phi) is 8.67.